The van der Waals surface area contributed by atoms with Crippen molar-refractivity contribution in [2.24, 2.45) is 22.7 Å². The molecule has 0 radical (unpaired) electrons. The Kier molecular flexibility index (Phi) is 5.29. The van der Waals surface area contributed by atoms with Gasteiger partial charge >= 0.3 is 0 Å². The smallest absolute Gasteiger partial charge is 0.156 e. The Morgan fingerprint density at radius 2 is 1.80 bits per heavy atom. The van der Waals surface area contributed by atoms with Crippen molar-refractivity contribution in [2.45, 2.75) is 103 Å². The lowest BCUT2D eigenvalue weighted by atomic mass is 9.51. The summed E-state index contributed by atoms with van der Waals surface area (Å²) in [4.78, 5) is 12.3. The Bertz CT molecular complexity index is 1190. The Morgan fingerprint density at radius 1 is 1.03 bits per heavy atom. The van der Waals surface area contributed by atoms with Gasteiger partial charge in [0.15, 0.2) is 5.78 Å². The summed E-state index contributed by atoms with van der Waals surface area (Å²) in [6.45, 7) is 8.74. The second-order valence-electron chi connectivity index (χ2n) is 13.3. The van der Waals surface area contributed by atoms with Gasteiger partial charge in [-0.25, -0.2) is 0 Å². The zero-order valence-electron chi connectivity index (χ0n) is 21.9. The van der Waals surface area contributed by atoms with Crippen molar-refractivity contribution in [3.8, 4) is 11.8 Å². The van der Waals surface area contributed by atoms with Crippen LogP contribution in [0.1, 0.15) is 108 Å². The van der Waals surface area contributed by atoms with E-state index in [-0.39, 0.29) is 10.8 Å². The maximum Gasteiger partial charge on any atom is 0.156 e. The van der Waals surface area contributed by atoms with Gasteiger partial charge in [0.25, 0.3) is 0 Å². The van der Waals surface area contributed by atoms with Crippen molar-refractivity contribution >= 4 is 5.78 Å². The van der Waals surface area contributed by atoms with Crippen LogP contribution in [0.3, 0.4) is 0 Å². The highest BCUT2D eigenvalue weighted by molar-refractivity contribution is 5.93. The number of allylic oxidation sites excluding steroid dienone is 4. The van der Waals surface area contributed by atoms with Crippen LogP contribution in [0.2, 0.25) is 0 Å². The van der Waals surface area contributed by atoms with E-state index in [2.05, 4.69) is 63.8 Å². The van der Waals surface area contributed by atoms with Crippen molar-refractivity contribution in [1.82, 2.24) is 0 Å². The molecule has 0 spiro atoms. The van der Waals surface area contributed by atoms with Crippen molar-refractivity contribution in [2.75, 3.05) is 0 Å². The third kappa shape index (κ3) is 3.86. The average molecular weight is 469 g/mol. The molecule has 0 heterocycles. The van der Waals surface area contributed by atoms with Gasteiger partial charge < -0.3 is 5.11 Å². The van der Waals surface area contributed by atoms with E-state index in [0.29, 0.717) is 30.0 Å². The second-order valence-corrected chi connectivity index (χ2v) is 13.3. The summed E-state index contributed by atoms with van der Waals surface area (Å²) < 4.78 is 0. The Hall–Kier alpha value is -2.11. The maximum atomic E-state index is 12.3. The molecule has 0 aliphatic heterocycles. The quantitative estimate of drug-likeness (QED) is 0.464. The van der Waals surface area contributed by atoms with E-state index >= 15 is 0 Å². The topological polar surface area (TPSA) is 37.3 Å². The number of ketones is 1. The maximum absolute atomic E-state index is 12.3. The molecule has 3 saturated carbocycles. The predicted molar refractivity (Wildman–Crippen MR) is 141 cm³/mol. The first-order chi connectivity index (χ1) is 16.6. The van der Waals surface area contributed by atoms with Crippen molar-refractivity contribution in [3.63, 3.8) is 0 Å². The van der Waals surface area contributed by atoms with Gasteiger partial charge in [0.05, 0.1) is 0 Å². The third-order valence-corrected chi connectivity index (χ3v) is 9.89. The Morgan fingerprint density at radius 3 is 2.54 bits per heavy atom. The molecule has 2 nitrogen and oxygen atoms in total. The van der Waals surface area contributed by atoms with Crippen LogP contribution in [-0.4, -0.2) is 16.5 Å². The molecule has 0 aromatic heterocycles. The van der Waals surface area contributed by atoms with Gasteiger partial charge in [-0.3, -0.25) is 4.79 Å². The second kappa shape index (κ2) is 7.94. The number of carbonyl (C=O) groups excluding carboxylic acids is 1. The molecule has 1 aromatic rings. The van der Waals surface area contributed by atoms with E-state index in [0.717, 1.165) is 44.4 Å². The Balaban J connectivity index is 1.50. The summed E-state index contributed by atoms with van der Waals surface area (Å²) in [5.41, 5.74) is 6.01. The van der Waals surface area contributed by atoms with E-state index < -0.39 is 5.60 Å². The first kappa shape index (κ1) is 23.3. The zero-order chi connectivity index (χ0) is 24.6. The van der Waals surface area contributed by atoms with Crippen LogP contribution >= 0.6 is 0 Å². The summed E-state index contributed by atoms with van der Waals surface area (Å²) in [6, 6.07) is 9.35. The molecule has 0 saturated heterocycles. The summed E-state index contributed by atoms with van der Waals surface area (Å²) >= 11 is 0. The molecule has 5 aliphatic rings. The van der Waals surface area contributed by atoms with Crippen molar-refractivity contribution < 1.29 is 9.90 Å². The monoisotopic (exact) mass is 468 g/mol. The number of hydrogen-bond donors (Lipinski definition) is 1. The molecular weight excluding hydrogens is 428 g/mol. The van der Waals surface area contributed by atoms with E-state index in [9.17, 15) is 9.90 Å². The SMILES string of the molecule is CC(C)(C)C#C[C@]1(O)CCC2[C@@H]3CCC4=CC(=O)CCC4=C3[C@@H](c3cccc(C4CC4)c3)C[C@@]21C. The van der Waals surface area contributed by atoms with Crippen LogP contribution in [0.5, 0.6) is 0 Å². The fourth-order valence-corrected chi connectivity index (χ4v) is 7.91. The number of aliphatic hydroxyl groups is 1. The molecular formula is C33H40O2. The highest BCUT2D eigenvalue weighted by atomic mass is 16.3. The van der Waals surface area contributed by atoms with Gasteiger partial charge in [-0.05, 0) is 118 Å². The largest absolute Gasteiger partial charge is 0.377 e. The lowest BCUT2D eigenvalue weighted by Gasteiger charge is -2.53. The molecule has 6 rings (SSSR count). The van der Waals surface area contributed by atoms with Crippen LogP contribution in [0.4, 0.5) is 0 Å². The molecule has 1 unspecified atom stereocenters. The minimum absolute atomic E-state index is 0.122. The van der Waals surface area contributed by atoms with Crippen LogP contribution in [0.15, 0.2) is 47.1 Å². The number of carbonyl (C=O) groups is 1. The van der Waals surface area contributed by atoms with Crippen LogP contribution in [0.25, 0.3) is 0 Å². The summed E-state index contributed by atoms with van der Waals surface area (Å²) in [5, 5.41) is 12.1. The molecule has 0 bridgehead atoms. The first-order valence-corrected chi connectivity index (χ1v) is 13.9. The summed E-state index contributed by atoms with van der Waals surface area (Å²) in [6.07, 6.45) is 11.0. The normalized spacial score (nSPS) is 36.5. The van der Waals surface area contributed by atoms with Gasteiger partial charge in [-0.15, -0.1) is 0 Å². The lowest BCUT2D eigenvalue weighted by Crippen LogP contribution is -2.51. The molecule has 5 aliphatic carbocycles. The molecule has 0 amide bonds. The van der Waals surface area contributed by atoms with Gasteiger partial charge in [0.1, 0.15) is 5.60 Å². The summed E-state index contributed by atoms with van der Waals surface area (Å²) in [5.74, 6) is 9.11. The van der Waals surface area contributed by atoms with Gasteiger partial charge in [0, 0.05) is 23.2 Å². The van der Waals surface area contributed by atoms with Crippen LogP contribution in [-0.2, 0) is 4.79 Å². The van der Waals surface area contributed by atoms with Crippen LogP contribution in [0, 0.1) is 34.5 Å². The molecule has 5 atom stereocenters. The molecule has 1 aromatic carbocycles. The van der Waals surface area contributed by atoms with E-state index in [1.165, 1.54) is 35.1 Å². The van der Waals surface area contributed by atoms with Gasteiger partial charge in [0.2, 0.25) is 0 Å². The fourth-order valence-electron chi connectivity index (χ4n) is 7.91. The zero-order valence-corrected chi connectivity index (χ0v) is 21.9. The highest BCUT2D eigenvalue weighted by Crippen LogP contribution is 2.66. The van der Waals surface area contributed by atoms with E-state index in [4.69, 9.17) is 0 Å². The number of benzene rings is 1. The molecule has 35 heavy (non-hydrogen) atoms. The number of fused-ring (bicyclic) bond motifs is 4. The predicted octanol–water partition coefficient (Wildman–Crippen LogP) is 7.24. The number of hydrogen-bond acceptors (Lipinski definition) is 2. The lowest BCUT2D eigenvalue weighted by molar-refractivity contribution is -0.114. The molecule has 3 fully saturated rings. The number of rotatable bonds is 2. The Labute approximate surface area is 211 Å². The minimum atomic E-state index is -0.938. The molecule has 184 valence electrons. The van der Waals surface area contributed by atoms with Crippen molar-refractivity contribution in [1.29, 1.82) is 0 Å². The van der Waals surface area contributed by atoms with E-state index in [1.54, 1.807) is 5.57 Å². The standard InChI is InChI=1S/C33H40O2/c1-31(2,3)16-17-33(35)15-14-29-27-12-10-24-19-25(34)11-13-26(24)30(27)28(20-32(29,33)4)23-7-5-6-22(18-23)21-8-9-21/h5-7,18-19,21,27-29,35H,8-15,20H2,1-4H3/t27-,28+,29?,32-,33+/m0/s1. The fraction of sp³-hybridized carbons (Fsp3) is 0.606. The summed E-state index contributed by atoms with van der Waals surface area (Å²) in [7, 11) is 0. The van der Waals surface area contributed by atoms with Crippen molar-refractivity contribution in [3.05, 3.63) is 58.2 Å². The minimum Gasteiger partial charge on any atom is -0.377 e. The highest BCUT2D eigenvalue weighted by Gasteiger charge is 2.62. The molecule has 2 heteroatoms. The molecule has 1 N–H and O–H groups in total. The average Bonchev–Trinajstić information content (AvgIpc) is 3.63. The van der Waals surface area contributed by atoms with Crippen LogP contribution < -0.4 is 0 Å². The first-order valence-electron chi connectivity index (χ1n) is 13.9. The third-order valence-electron chi connectivity index (χ3n) is 9.89. The van der Waals surface area contributed by atoms with Gasteiger partial charge in [-0.1, -0.05) is 48.6 Å². The van der Waals surface area contributed by atoms with E-state index in [1.807, 2.05) is 6.08 Å². The van der Waals surface area contributed by atoms with Gasteiger partial charge in [-0.2, -0.15) is 0 Å².